The summed E-state index contributed by atoms with van der Waals surface area (Å²) in [6.07, 6.45) is 1.99. The third-order valence-electron chi connectivity index (χ3n) is 0.936. The summed E-state index contributed by atoms with van der Waals surface area (Å²) in [5, 5.41) is 8.35. The van der Waals surface area contributed by atoms with Gasteiger partial charge in [-0.2, -0.15) is 4.79 Å². The number of nitrogens with zero attached hydrogens (tertiary/aromatic N) is 1. The lowest BCUT2D eigenvalue weighted by Crippen LogP contribution is -2.40. The van der Waals surface area contributed by atoms with Gasteiger partial charge in [0.1, 0.15) is 0 Å². The number of rotatable bonds is 0. The van der Waals surface area contributed by atoms with Gasteiger partial charge in [-0.3, -0.25) is 0 Å². The first-order valence-electron chi connectivity index (χ1n) is 2.50. The van der Waals surface area contributed by atoms with Crippen LogP contribution in [0, 0.1) is 0 Å². The number of hydrogen-bond donors (Lipinski definition) is 1. The van der Waals surface area contributed by atoms with E-state index in [1.165, 1.54) is 12.4 Å². The van der Waals surface area contributed by atoms with Crippen molar-refractivity contribution in [1.29, 1.82) is 0 Å². The molecule has 0 atom stereocenters. The van der Waals surface area contributed by atoms with E-state index in [1.807, 2.05) is 0 Å². The van der Waals surface area contributed by atoms with E-state index < -0.39 is 6.09 Å². The minimum Gasteiger partial charge on any atom is -0.427 e. The maximum atomic E-state index is 10.2. The molecule has 0 amide bonds. The molecule has 0 fully saturated rings. The lowest BCUT2D eigenvalue weighted by atomic mass is 10.5. The standard InChI is InChI=1S/C6H5NO2/c8-6(9)7-4-2-1-3-5-7/h1-5H/p+1. The minimum atomic E-state index is -0.962. The number of aromatic nitrogens is 1. The predicted octanol–water partition coefficient (Wildman–Crippen LogP) is 0.500. The van der Waals surface area contributed by atoms with Crippen molar-refractivity contribution in [2.75, 3.05) is 0 Å². The molecule has 0 bridgehead atoms. The highest BCUT2D eigenvalue weighted by Gasteiger charge is 2.06. The average molecular weight is 124 g/mol. The summed E-state index contributed by atoms with van der Waals surface area (Å²) in [5.41, 5.74) is 0. The monoisotopic (exact) mass is 124 g/mol. The first-order valence-corrected chi connectivity index (χ1v) is 2.50. The molecule has 0 aliphatic rings. The van der Waals surface area contributed by atoms with Gasteiger partial charge in [-0.1, -0.05) is 10.6 Å². The van der Waals surface area contributed by atoms with Gasteiger partial charge in [0.05, 0.1) is 0 Å². The molecule has 0 radical (unpaired) electrons. The summed E-state index contributed by atoms with van der Waals surface area (Å²) >= 11 is 0. The zero-order chi connectivity index (χ0) is 6.69. The van der Waals surface area contributed by atoms with E-state index in [9.17, 15) is 4.79 Å². The topological polar surface area (TPSA) is 41.2 Å². The van der Waals surface area contributed by atoms with Crippen LogP contribution < -0.4 is 4.57 Å². The second-order valence-corrected chi connectivity index (χ2v) is 1.57. The molecule has 3 nitrogen and oxygen atoms in total. The van der Waals surface area contributed by atoms with E-state index in [1.54, 1.807) is 18.2 Å². The van der Waals surface area contributed by atoms with Crippen LogP contribution in [0.2, 0.25) is 0 Å². The average Bonchev–Trinajstić information content (AvgIpc) is 1.90. The lowest BCUT2D eigenvalue weighted by Gasteiger charge is -1.81. The van der Waals surface area contributed by atoms with Crippen LogP contribution in [0.4, 0.5) is 4.79 Å². The minimum absolute atomic E-state index is 0.962. The second-order valence-electron chi connectivity index (χ2n) is 1.57. The molecule has 9 heavy (non-hydrogen) atoms. The van der Waals surface area contributed by atoms with Gasteiger partial charge >= 0.3 is 6.09 Å². The lowest BCUT2D eigenvalue weighted by molar-refractivity contribution is -0.584. The van der Waals surface area contributed by atoms with Gasteiger partial charge in [0.25, 0.3) is 0 Å². The van der Waals surface area contributed by atoms with Crippen molar-refractivity contribution in [3.63, 3.8) is 0 Å². The zero-order valence-electron chi connectivity index (χ0n) is 4.69. The molecule has 0 aliphatic carbocycles. The highest BCUT2D eigenvalue weighted by atomic mass is 16.4. The third kappa shape index (κ3) is 1.25. The van der Waals surface area contributed by atoms with Gasteiger partial charge in [0, 0.05) is 12.1 Å². The van der Waals surface area contributed by atoms with E-state index >= 15 is 0 Å². The van der Waals surface area contributed by atoms with Crippen molar-refractivity contribution in [3.8, 4) is 0 Å². The normalized spacial score (nSPS) is 8.89. The Bertz CT molecular complexity index is 208. The van der Waals surface area contributed by atoms with Crippen molar-refractivity contribution in [3.05, 3.63) is 30.6 Å². The van der Waals surface area contributed by atoms with Crippen molar-refractivity contribution < 1.29 is 14.5 Å². The third-order valence-corrected chi connectivity index (χ3v) is 0.936. The summed E-state index contributed by atoms with van der Waals surface area (Å²) in [7, 11) is 0. The molecule has 1 heterocycles. The summed E-state index contributed by atoms with van der Waals surface area (Å²) in [6, 6.07) is 5.08. The van der Waals surface area contributed by atoms with E-state index in [-0.39, 0.29) is 0 Å². The highest BCUT2D eigenvalue weighted by Crippen LogP contribution is 1.74. The molecule has 3 heteroatoms. The van der Waals surface area contributed by atoms with Crippen LogP contribution in [0.25, 0.3) is 0 Å². The van der Waals surface area contributed by atoms with Gasteiger partial charge < -0.3 is 5.11 Å². The van der Waals surface area contributed by atoms with Crippen LogP contribution in [0.15, 0.2) is 30.6 Å². The maximum absolute atomic E-state index is 10.2. The predicted molar refractivity (Wildman–Crippen MR) is 30.1 cm³/mol. The summed E-state index contributed by atoms with van der Waals surface area (Å²) in [4.78, 5) is 10.2. The summed E-state index contributed by atoms with van der Waals surface area (Å²) in [5.74, 6) is 0. The SMILES string of the molecule is O=C(O)[n+]1ccccc1. The molecular weight excluding hydrogens is 118 g/mol. The molecule has 1 aromatic rings. The van der Waals surface area contributed by atoms with Crippen LogP contribution >= 0.6 is 0 Å². The number of carboxylic acid groups (broad SMARTS) is 1. The molecular formula is C6H6NO2+. The Hall–Kier alpha value is -1.38. The Morgan fingerprint density at radius 2 is 1.78 bits per heavy atom. The van der Waals surface area contributed by atoms with Crippen LogP contribution in [0.3, 0.4) is 0 Å². The van der Waals surface area contributed by atoms with E-state index in [4.69, 9.17) is 5.11 Å². The molecule has 0 saturated carbocycles. The Kier molecular flexibility index (Phi) is 1.44. The van der Waals surface area contributed by atoms with Gasteiger partial charge in [0.2, 0.25) is 0 Å². The van der Waals surface area contributed by atoms with Crippen LogP contribution in [0.5, 0.6) is 0 Å². The molecule has 1 aromatic heterocycles. The Balaban J connectivity index is 2.98. The van der Waals surface area contributed by atoms with Gasteiger partial charge in [-0.05, 0) is 0 Å². The molecule has 0 unspecified atom stereocenters. The first kappa shape index (κ1) is 5.75. The van der Waals surface area contributed by atoms with Gasteiger partial charge in [0.15, 0.2) is 12.4 Å². The summed E-state index contributed by atoms with van der Waals surface area (Å²) < 4.78 is 1.08. The quantitative estimate of drug-likeness (QED) is 0.511. The molecule has 1 rings (SSSR count). The Morgan fingerprint density at radius 3 is 2.11 bits per heavy atom. The van der Waals surface area contributed by atoms with Gasteiger partial charge in [-0.15, -0.1) is 0 Å². The molecule has 0 aromatic carbocycles. The second kappa shape index (κ2) is 2.26. The van der Waals surface area contributed by atoms with Crippen molar-refractivity contribution in [2.24, 2.45) is 0 Å². The first-order chi connectivity index (χ1) is 4.30. The van der Waals surface area contributed by atoms with Gasteiger partial charge in [-0.25, -0.2) is 0 Å². The van der Waals surface area contributed by atoms with E-state index in [0.29, 0.717) is 0 Å². The zero-order valence-corrected chi connectivity index (χ0v) is 4.69. The fourth-order valence-corrected chi connectivity index (χ4v) is 0.526. The largest absolute Gasteiger partial charge is 0.599 e. The Morgan fingerprint density at radius 1 is 1.22 bits per heavy atom. The van der Waals surface area contributed by atoms with Crippen LogP contribution in [-0.2, 0) is 0 Å². The number of hydrogen-bond acceptors (Lipinski definition) is 1. The smallest absolute Gasteiger partial charge is 0.427 e. The molecule has 0 aliphatic heterocycles. The molecule has 0 spiro atoms. The number of carbonyl (C=O) groups is 1. The summed E-state index contributed by atoms with van der Waals surface area (Å²) in [6.45, 7) is 0. The maximum Gasteiger partial charge on any atom is 0.599 e. The van der Waals surface area contributed by atoms with E-state index in [0.717, 1.165) is 4.57 Å². The highest BCUT2D eigenvalue weighted by molar-refractivity contribution is 5.53. The van der Waals surface area contributed by atoms with Crippen molar-refractivity contribution in [2.45, 2.75) is 0 Å². The fourth-order valence-electron chi connectivity index (χ4n) is 0.526. The Labute approximate surface area is 52.2 Å². The van der Waals surface area contributed by atoms with Crippen LogP contribution in [-0.4, -0.2) is 11.2 Å². The van der Waals surface area contributed by atoms with Crippen molar-refractivity contribution >= 4 is 6.09 Å². The van der Waals surface area contributed by atoms with Crippen LogP contribution in [0.1, 0.15) is 0 Å². The molecule has 0 saturated heterocycles. The fraction of sp³-hybridized carbons (Fsp3) is 0. The molecule has 1 N–H and O–H groups in total. The van der Waals surface area contributed by atoms with Crippen molar-refractivity contribution in [1.82, 2.24) is 0 Å². The van der Waals surface area contributed by atoms with E-state index in [2.05, 4.69) is 0 Å². The number of pyridine rings is 1. The molecule has 46 valence electrons.